The first-order valence-corrected chi connectivity index (χ1v) is 10.4. The molecule has 1 saturated carbocycles. The largest absolute Gasteiger partial charge is 0.378 e. The van der Waals surface area contributed by atoms with Gasteiger partial charge in [0.25, 0.3) is 0 Å². The van der Waals surface area contributed by atoms with E-state index in [1.807, 2.05) is 67.6 Å². The Balaban J connectivity index is 1.72. The van der Waals surface area contributed by atoms with Crippen LogP contribution in [-0.2, 0) is 5.60 Å². The second-order valence-corrected chi connectivity index (χ2v) is 7.96. The minimum absolute atomic E-state index is 0.210. The summed E-state index contributed by atoms with van der Waals surface area (Å²) < 4.78 is 0. The lowest BCUT2D eigenvalue weighted by molar-refractivity contribution is 0.0470. The van der Waals surface area contributed by atoms with E-state index in [1.165, 1.54) is 19.3 Å². The third-order valence-electron chi connectivity index (χ3n) is 6.16. The van der Waals surface area contributed by atoms with Crippen molar-refractivity contribution in [3.8, 4) is 0 Å². The Kier molecular flexibility index (Phi) is 6.74. The van der Waals surface area contributed by atoms with Crippen LogP contribution in [0.2, 0.25) is 0 Å². The Labute approximate surface area is 168 Å². The summed E-state index contributed by atoms with van der Waals surface area (Å²) >= 11 is 0. The minimum Gasteiger partial charge on any atom is -0.378 e. The van der Waals surface area contributed by atoms with Gasteiger partial charge < -0.3 is 15.7 Å². The summed E-state index contributed by atoms with van der Waals surface area (Å²) in [5.74, 6) is 0.793. The number of rotatable bonds is 6. The van der Waals surface area contributed by atoms with E-state index in [4.69, 9.17) is 0 Å². The van der Waals surface area contributed by atoms with Gasteiger partial charge in [0.2, 0.25) is 0 Å². The fourth-order valence-electron chi connectivity index (χ4n) is 4.29. The highest BCUT2D eigenvalue weighted by molar-refractivity contribution is 5.75. The first kappa shape index (κ1) is 20.4. The number of nitrogens with one attached hydrogen (secondary N) is 2. The summed E-state index contributed by atoms with van der Waals surface area (Å²) in [6.45, 7) is 4.09. The van der Waals surface area contributed by atoms with E-state index in [0.29, 0.717) is 0 Å². The van der Waals surface area contributed by atoms with E-state index in [2.05, 4.69) is 17.6 Å². The lowest BCUT2D eigenvalue weighted by atomic mass is 9.81. The number of benzene rings is 2. The van der Waals surface area contributed by atoms with Gasteiger partial charge in [0.15, 0.2) is 0 Å². The minimum atomic E-state index is -1.31. The van der Waals surface area contributed by atoms with E-state index in [1.54, 1.807) is 0 Å². The van der Waals surface area contributed by atoms with Crippen LogP contribution in [0.1, 0.15) is 57.1 Å². The van der Waals surface area contributed by atoms with E-state index < -0.39 is 11.6 Å². The molecule has 2 aromatic rings. The van der Waals surface area contributed by atoms with Crippen LogP contribution in [0.4, 0.5) is 4.79 Å². The maximum Gasteiger partial charge on any atom is 0.315 e. The molecule has 0 heterocycles. The number of carbonyl (C=O) groups is 1. The number of aliphatic hydroxyl groups is 1. The van der Waals surface area contributed by atoms with Crippen LogP contribution < -0.4 is 10.6 Å². The molecule has 1 aliphatic rings. The number of carbonyl (C=O) groups excluding carboxylic acids is 1. The Bertz CT molecular complexity index is 700. The summed E-state index contributed by atoms with van der Waals surface area (Å²) in [6, 6.07) is 18.6. The Morgan fingerprint density at radius 1 is 1.00 bits per heavy atom. The van der Waals surface area contributed by atoms with Crippen molar-refractivity contribution in [3.05, 3.63) is 71.8 Å². The van der Waals surface area contributed by atoms with Crippen molar-refractivity contribution in [2.45, 2.75) is 63.6 Å². The second kappa shape index (κ2) is 9.24. The molecule has 1 fully saturated rings. The van der Waals surface area contributed by atoms with Gasteiger partial charge in [-0.3, -0.25) is 0 Å². The molecule has 0 spiro atoms. The highest BCUT2D eigenvalue weighted by Gasteiger charge is 2.38. The average Bonchev–Trinajstić information content (AvgIpc) is 2.74. The average molecular weight is 381 g/mol. The number of hydrogen-bond donors (Lipinski definition) is 3. The fourth-order valence-corrected chi connectivity index (χ4v) is 4.29. The first-order valence-electron chi connectivity index (χ1n) is 10.4. The monoisotopic (exact) mass is 380 g/mol. The molecule has 0 bridgehead atoms. The fraction of sp³-hybridized carbons (Fsp3) is 0.458. The van der Waals surface area contributed by atoms with E-state index in [0.717, 1.165) is 29.9 Å². The molecule has 4 heteroatoms. The van der Waals surface area contributed by atoms with Crippen LogP contribution in [0, 0.1) is 5.92 Å². The Morgan fingerprint density at radius 2 is 1.50 bits per heavy atom. The molecule has 28 heavy (non-hydrogen) atoms. The maximum absolute atomic E-state index is 12.6. The number of urea groups is 1. The van der Waals surface area contributed by atoms with Gasteiger partial charge in [-0.25, -0.2) is 4.79 Å². The lowest BCUT2D eigenvalue weighted by Gasteiger charge is -2.36. The zero-order chi connectivity index (χ0) is 20.0. The van der Waals surface area contributed by atoms with Gasteiger partial charge in [0.05, 0.1) is 6.04 Å². The number of amides is 2. The molecule has 0 aromatic heterocycles. The smallest absolute Gasteiger partial charge is 0.315 e. The Hall–Kier alpha value is -2.33. The van der Waals surface area contributed by atoms with Gasteiger partial charge >= 0.3 is 6.03 Å². The van der Waals surface area contributed by atoms with Crippen LogP contribution in [0.5, 0.6) is 0 Å². The van der Waals surface area contributed by atoms with Crippen molar-refractivity contribution in [3.63, 3.8) is 0 Å². The molecule has 0 aliphatic heterocycles. The van der Waals surface area contributed by atoms with Gasteiger partial charge in [-0.2, -0.15) is 0 Å². The summed E-state index contributed by atoms with van der Waals surface area (Å²) in [4.78, 5) is 12.6. The molecular formula is C24H32N2O2. The van der Waals surface area contributed by atoms with Gasteiger partial charge in [0, 0.05) is 6.04 Å². The van der Waals surface area contributed by atoms with Crippen LogP contribution in [0.3, 0.4) is 0 Å². The van der Waals surface area contributed by atoms with E-state index in [9.17, 15) is 9.90 Å². The molecule has 150 valence electrons. The van der Waals surface area contributed by atoms with Crippen molar-refractivity contribution in [1.82, 2.24) is 10.6 Å². The second-order valence-electron chi connectivity index (χ2n) is 7.96. The highest BCUT2D eigenvalue weighted by Crippen LogP contribution is 2.33. The highest BCUT2D eigenvalue weighted by atomic mass is 16.3. The predicted molar refractivity (Wildman–Crippen MR) is 113 cm³/mol. The predicted octanol–water partition coefficient (Wildman–Crippen LogP) is 4.58. The molecule has 3 rings (SSSR count). The summed E-state index contributed by atoms with van der Waals surface area (Å²) in [5, 5.41) is 17.8. The topological polar surface area (TPSA) is 61.4 Å². The number of hydrogen-bond acceptors (Lipinski definition) is 2. The molecule has 3 N–H and O–H groups in total. The molecule has 0 saturated heterocycles. The van der Waals surface area contributed by atoms with Crippen molar-refractivity contribution in [1.29, 1.82) is 0 Å². The van der Waals surface area contributed by atoms with Gasteiger partial charge in [0.1, 0.15) is 5.60 Å². The van der Waals surface area contributed by atoms with Crippen molar-refractivity contribution >= 4 is 6.03 Å². The first-order chi connectivity index (χ1) is 13.5. The standard InChI is InChI=1S/C24H32N2O2/c1-3-19-14-16-22(17-15-19)26-23(27)25-18(2)24(28,20-10-6-4-7-11-20)21-12-8-5-9-13-21/h4-13,18-19,22,28H,3,14-17H2,1-2H3,(H2,25,26,27). The molecule has 2 amide bonds. The molecule has 2 aromatic carbocycles. The van der Waals surface area contributed by atoms with Crippen molar-refractivity contribution < 1.29 is 9.90 Å². The quantitative estimate of drug-likeness (QED) is 0.687. The SMILES string of the molecule is CCC1CCC(NC(=O)NC(C)C(O)(c2ccccc2)c2ccccc2)CC1. The van der Waals surface area contributed by atoms with Crippen LogP contribution in [0.25, 0.3) is 0 Å². The van der Waals surface area contributed by atoms with Crippen LogP contribution in [0.15, 0.2) is 60.7 Å². The normalized spacial score (nSPS) is 21.0. The summed E-state index contributed by atoms with van der Waals surface area (Å²) in [5.41, 5.74) is 0.217. The molecule has 4 nitrogen and oxygen atoms in total. The molecular weight excluding hydrogens is 348 g/mol. The van der Waals surface area contributed by atoms with Crippen molar-refractivity contribution in [2.75, 3.05) is 0 Å². The van der Waals surface area contributed by atoms with Crippen LogP contribution in [-0.4, -0.2) is 23.2 Å². The lowest BCUT2D eigenvalue weighted by Crippen LogP contribution is -2.54. The third kappa shape index (κ3) is 4.56. The molecule has 1 atom stereocenters. The summed E-state index contributed by atoms with van der Waals surface area (Å²) in [7, 11) is 0. The van der Waals surface area contributed by atoms with Gasteiger partial charge in [-0.1, -0.05) is 74.0 Å². The molecule has 1 aliphatic carbocycles. The zero-order valence-corrected chi connectivity index (χ0v) is 16.9. The van der Waals surface area contributed by atoms with E-state index >= 15 is 0 Å². The molecule has 0 radical (unpaired) electrons. The van der Waals surface area contributed by atoms with Crippen LogP contribution >= 0.6 is 0 Å². The van der Waals surface area contributed by atoms with Gasteiger partial charge in [-0.15, -0.1) is 0 Å². The zero-order valence-electron chi connectivity index (χ0n) is 16.9. The van der Waals surface area contributed by atoms with Crippen molar-refractivity contribution in [2.24, 2.45) is 5.92 Å². The van der Waals surface area contributed by atoms with E-state index in [-0.39, 0.29) is 12.1 Å². The summed E-state index contributed by atoms with van der Waals surface area (Å²) in [6.07, 6.45) is 5.63. The molecule has 1 unspecified atom stereocenters. The Morgan fingerprint density at radius 3 is 1.96 bits per heavy atom. The van der Waals surface area contributed by atoms with Gasteiger partial charge in [-0.05, 0) is 49.7 Å². The third-order valence-corrected chi connectivity index (χ3v) is 6.16. The maximum atomic E-state index is 12.6.